The summed E-state index contributed by atoms with van der Waals surface area (Å²) in [7, 11) is 0. The zero-order valence-electron chi connectivity index (χ0n) is 10.2. The highest BCUT2D eigenvalue weighted by molar-refractivity contribution is 5.33. The number of rotatable bonds is 3. The van der Waals surface area contributed by atoms with Gasteiger partial charge >= 0.3 is 0 Å². The molecule has 2 aliphatic rings. The molecule has 1 aromatic rings. The Morgan fingerprint density at radius 1 is 1.12 bits per heavy atom. The molecule has 2 unspecified atom stereocenters. The smallest absolute Gasteiger partial charge is 0.0474 e. The molecule has 0 bridgehead atoms. The van der Waals surface area contributed by atoms with Crippen molar-refractivity contribution in [2.75, 3.05) is 6.61 Å². The van der Waals surface area contributed by atoms with E-state index in [-0.39, 0.29) is 0 Å². The van der Waals surface area contributed by atoms with Gasteiger partial charge in [0.15, 0.2) is 0 Å². The van der Waals surface area contributed by atoms with Crippen molar-refractivity contribution in [3.8, 4) is 0 Å². The van der Waals surface area contributed by atoms with Crippen molar-refractivity contribution in [1.82, 2.24) is 5.32 Å². The van der Waals surface area contributed by atoms with Gasteiger partial charge in [-0.15, -0.1) is 0 Å². The minimum Gasteiger partial charge on any atom is -0.396 e. The summed E-state index contributed by atoms with van der Waals surface area (Å²) in [6, 6.07) is 9.88. The Labute approximate surface area is 103 Å². The summed E-state index contributed by atoms with van der Waals surface area (Å²) in [6.07, 6.45) is 6.00. The highest BCUT2D eigenvalue weighted by Gasteiger charge is 2.30. The van der Waals surface area contributed by atoms with Gasteiger partial charge in [0.1, 0.15) is 0 Å². The van der Waals surface area contributed by atoms with Crippen molar-refractivity contribution in [1.29, 1.82) is 0 Å². The summed E-state index contributed by atoms with van der Waals surface area (Å²) in [5.74, 6) is 0.485. The SMILES string of the molecule is OCC1CCCC1NC1Cc2ccccc2C1. The molecule has 17 heavy (non-hydrogen) atoms. The second kappa shape index (κ2) is 4.79. The lowest BCUT2D eigenvalue weighted by atomic mass is 10.0. The Bertz CT molecular complexity index is 365. The van der Waals surface area contributed by atoms with Crippen LogP contribution in [-0.4, -0.2) is 23.8 Å². The molecule has 1 fully saturated rings. The van der Waals surface area contributed by atoms with E-state index in [2.05, 4.69) is 29.6 Å². The fraction of sp³-hybridized carbons (Fsp3) is 0.600. The molecule has 0 heterocycles. The fourth-order valence-corrected chi connectivity index (χ4v) is 3.45. The molecular weight excluding hydrogens is 210 g/mol. The van der Waals surface area contributed by atoms with Crippen molar-refractivity contribution >= 4 is 0 Å². The van der Waals surface area contributed by atoms with E-state index in [1.807, 2.05) is 0 Å². The molecule has 0 aliphatic heterocycles. The minimum absolute atomic E-state index is 0.345. The Morgan fingerprint density at radius 2 is 1.82 bits per heavy atom. The third-order valence-corrected chi connectivity index (χ3v) is 4.39. The number of benzene rings is 1. The molecular formula is C15H21NO. The molecule has 2 aliphatic carbocycles. The average molecular weight is 231 g/mol. The molecule has 2 heteroatoms. The first-order valence-corrected chi connectivity index (χ1v) is 6.80. The van der Waals surface area contributed by atoms with Crippen LogP contribution in [-0.2, 0) is 12.8 Å². The Balaban J connectivity index is 1.62. The Hall–Kier alpha value is -0.860. The maximum absolute atomic E-state index is 9.34. The van der Waals surface area contributed by atoms with Crippen LogP contribution in [0.2, 0.25) is 0 Å². The van der Waals surface area contributed by atoms with E-state index < -0.39 is 0 Å². The quantitative estimate of drug-likeness (QED) is 0.833. The topological polar surface area (TPSA) is 32.3 Å². The van der Waals surface area contributed by atoms with Crippen LogP contribution in [0.3, 0.4) is 0 Å². The van der Waals surface area contributed by atoms with Gasteiger partial charge in [-0.25, -0.2) is 0 Å². The molecule has 0 saturated heterocycles. The Morgan fingerprint density at radius 3 is 2.47 bits per heavy atom. The largest absolute Gasteiger partial charge is 0.396 e. The normalized spacial score (nSPS) is 28.5. The number of fused-ring (bicyclic) bond motifs is 1. The first-order valence-electron chi connectivity index (χ1n) is 6.80. The number of hydrogen-bond acceptors (Lipinski definition) is 2. The number of hydrogen-bond donors (Lipinski definition) is 2. The average Bonchev–Trinajstić information content (AvgIpc) is 2.94. The van der Waals surface area contributed by atoms with Gasteiger partial charge in [-0.3, -0.25) is 0 Å². The monoisotopic (exact) mass is 231 g/mol. The maximum atomic E-state index is 9.34. The van der Waals surface area contributed by atoms with Crippen molar-refractivity contribution < 1.29 is 5.11 Å². The van der Waals surface area contributed by atoms with Gasteiger partial charge in [-0.05, 0) is 42.7 Å². The van der Waals surface area contributed by atoms with E-state index >= 15 is 0 Å². The lowest BCUT2D eigenvalue weighted by Gasteiger charge is -2.23. The number of aliphatic hydroxyl groups excluding tert-OH is 1. The van der Waals surface area contributed by atoms with Crippen LogP contribution in [0.5, 0.6) is 0 Å². The van der Waals surface area contributed by atoms with Crippen LogP contribution < -0.4 is 5.32 Å². The fourth-order valence-electron chi connectivity index (χ4n) is 3.45. The van der Waals surface area contributed by atoms with E-state index in [9.17, 15) is 5.11 Å². The van der Waals surface area contributed by atoms with Gasteiger partial charge in [0.05, 0.1) is 0 Å². The standard InChI is InChI=1S/C15H21NO/c17-10-13-6-3-7-15(13)16-14-8-11-4-1-2-5-12(11)9-14/h1-2,4-5,13-17H,3,6-10H2. The summed E-state index contributed by atoms with van der Waals surface area (Å²) < 4.78 is 0. The van der Waals surface area contributed by atoms with E-state index in [1.54, 1.807) is 0 Å². The molecule has 92 valence electrons. The second-order valence-corrected chi connectivity index (χ2v) is 5.52. The first-order chi connectivity index (χ1) is 8.36. The highest BCUT2D eigenvalue weighted by atomic mass is 16.3. The third-order valence-electron chi connectivity index (χ3n) is 4.39. The van der Waals surface area contributed by atoms with Crippen LogP contribution in [0.4, 0.5) is 0 Å². The molecule has 1 saturated carbocycles. The number of aliphatic hydroxyl groups is 1. The zero-order chi connectivity index (χ0) is 11.7. The van der Waals surface area contributed by atoms with Crippen LogP contribution in [0, 0.1) is 5.92 Å². The maximum Gasteiger partial charge on any atom is 0.0474 e. The molecule has 0 amide bonds. The van der Waals surface area contributed by atoms with Crippen molar-refractivity contribution in [2.24, 2.45) is 5.92 Å². The zero-order valence-corrected chi connectivity index (χ0v) is 10.2. The minimum atomic E-state index is 0.345. The van der Waals surface area contributed by atoms with E-state index in [1.165, 1.54) is 30.4 Å². The third kappa shape index (κ3) is 2.24. The van der Waals surface area contributed by atoms with E-state index in [0.717, 1.165) is 12.8 Å². The van der Waals surface area contributed by atoms with Crippen LogP contribution >= 0.6 is 0 Å². The van der Waals surface area contributed by atoms with E-state index in [4.69, 9.17) is 0 Å². The first kappa shape index (κ1) is 11.2. The molecule has 3 rings (SSSR count). The molecule has 2 atom stereocenters. The summed E-state index contributed by atoms with van der Waals surface area (Å²) in [6.45, 7) is 0.345. The van der Waals surface area contributed by atoms with Gasteiger partial charge in [0.2, 0.25) is 0 Å². The summed E-state index contributed by atoms with van der Waals surface area (Å²) in [5, 5.41) is 13.1. The second-order valence-electron chi connectivity index (χ2n) is 5.52. The number of nitrogens with one attached hydrogen (secondary N) is 1. The van der Waals surface area contributed by atoms with Crippen molar-refractivity contribution in [3.05, 3.63) is 35.4 Å². The predicted octanol–water partition coefficient (Wildman–Crippen LogP) is 1.90. The predicted molar refractivity (Wildman–Crippen MR) is 69.0 cm³/mol. The molecule has 1 aromatic carbocycles. The van der Waals surface area contributed by atoms with Crippen LogP contribution in [0.25, 0.3) is 0 Å². The van der Waals surface area contributed by atoms with E-state index in [0.29, 0.717) is 24.6 Å². The van der Waals surface area contributed by atoms with Crippen LogP contribution in [0.1, 0.15) is 30.4 Å². The molecule has 2 nitrogen and oxygen atoms in total. The molecule has 0 radical (unpaired) electrons. The van der Waals surface area contributed by atoms with Gasteiger partial charge in [0.25, 0.3) is 0 Å². The van der Waals surface area contributed by atoms with Gasteiger partial charge in [-0.2, -0.15) is 0 Å². The van der Waals surface area contributed by atoms with Crippen molar-refractivity contribution in [2.45, 2.75) is 44.2 Å². The van der Waals surface area contributed by atoms with Gasteiger partial charge < -0.3 is 10.4 Å². The Kier molecular flexibility index (Phi) is 3.17. The van der Waals surface area contributed by atoms with Crippen molar-refractivity contribution in [3.63, 3.8) is 0 Å². The molecule has 2 N–H and O–H groups in total. The highest BCUT2D eigenvalue weighted by Crippen LogP contribution is 2.28. The van der Waals surface area contributed by atoms with Crippen LogP contribution in [0.15, 0.2) is 24.3 Å². The lowest BCUT2D eigenvalue weighted by Crippen LogP contribution is -2.41. The molecule has 0 aromatic heterocycles. The summed E-state index contributed by atoms with van der Waals surface area (Å²) in [4.78, 5) is 0. The molecule has 0 spiro atoms. The summed E-state index contributed by atoms with van der Waals surface area (Å²) in [5.41, 5.74) is 3.01. The lowest BCUT2D eigenvalue weighted by molar-refractivity contribution is 0.200. The van der Waals surface area contributed by atoms with Gasteiger partial charge in [0, 0.05) is 18.7 Å². The van der Waals surface area contributed by atoms with Gasteiger partial charge in [-0.1, -0.05) is 30.7 Å². The summed E-state index contributed by atoms with van der Waals surface area (Å²) >= 11 is 0.